The first kappa shape index (κ1) is 44.9. The predicted molar refractivity (Wildman–Crippen MR) is 190 cm³/mol. The zero-order chi connectivity index (χ0) is 39.7. The Morgan fingerprint density at radius 1 is 0.923 bits per heavy atom. The number of nitrogens with zero attached hydrogens (tertiary/aromatic N) is 2. The molecule has 3 fully saturated rings. The largest absolute Gasteiger partial charge is 0.459 e. The van der Waals surface area contributed by atoms with Gasteiger partial charge in [0.1, 0.15) is 23.9 Å². The van der Waals surface area contributed by atoms with Gasteiger partial charge in [-0.3, -0.25) is 4.79 Å². The fourth-order valence-corrected chi connectivity index (χ4v) is 8.61. The molecule has 52 heavy (non-hydrogen) atoms. The Morgan fingerprint density at radius 2 is 1.54 bits per heavy atom. The standard InChI is InChI=1S/C37H68N2O13/c1-14-25-37(10,45)30(41)20(4)27(38-46)18(2)16-35(8,44)32(52-34-28(40)24(39(11)12)15-19(3)48-34)21(5)29(22(6)33(43)50-25)51-26-17-36(9,47-13)31(42)23(7)49-26/h18-26,28-32,34,40-42,44-46H,14-17H2,1-13H3/b38-27+/t18-,19-,20+,21+,22-,23+,24+,25-,26-,28-,29+,30-,31+,32-,34+,35-,36-,37-/m1/s1. The lowest BCUT2D eigenvalue weighted by Gasteiger charge is -2.49. The second-order valence-electron chi connectivity index (χ2n) is 16.6. The molecule has 0 radical (unpaired) electrons. The summed E-state index contributed by atoms with van der Waals surface area (Å²) >= 11 is 0. The number of cyclic esters (lactones) is 1. The molecule has 6 N–H and O–H groups in total. The monoisotopic (exact) mass is 748 g/mol. The summed E-state index contributed by atoms with van der Waals surface area (Å²) in [5.41, 5.74) is -4.68. The van der Waals surface area contributed by atoms with Gasteiger partial charge in [0, 0.05) is 37.3 Å². The maximum absolute atomic E-state index is 14.1. The number of hydrogen-bond acceptors (Lipinski definition) is 15. The van der Waals surface area contributed by atoms with E-state index in [9.17, 15) is 35.5 Å². The number of methoxy groups -OCH3 is 1. The average molecular weight is 749 g/mol. The van der Waals surface area contributed by atoms with Gasteiger partial charge in [0.2, 0.25) is 0 Å². The van der Waals surface area contributed by atoms with Crippen molar-refractivity contribution in [2.45, 2.75) is 179 Å². The van der Waals surface area contributed by atoms with Gasteiger partial charge in [-0.1, -0.05) is 32.9 Å². The Hall–Kier alpha value is -1.50. The Bertz CT molecular complexity index is 1200. The molecule has 3 heterocycles. The van der Waals surface area contributed by atoms with Crippen molar-refractivity contribution in [1.82, 2.24) is 4.90 Å². The van der Waals surface area contributed by atoms with Crippen LogP contribution in [-0.4, -0.2) is 153 Å². The first-order chi connectivity index (χ1) is 24.0. The molecule has 0 bridgehead atoms. The molecule has 304 valence electrons. The summed E-state index contributed by atoms with van der Waals surface area (Å²) in [6.45, 7) is 16.6. The molecule has 15 heteroatoms. The first-order valence-corrected chi connectivity index (χ1v) is 18.7. The predicted octanol–water partition coefficient (Wildman–Crippen LogP) is 2.05. The number of aliphatic hydroxyl groups is 5. The summed E-state index contributed by atoms with van der Waals surface area (Å²) in [4.78, 5) is 16.0. The lowest BCUT2D eigenvalue weighted by molar-refractivity contribution is -0.317. The first-order valence-electron chi connectivity index (χ1n) is 18.7. The summed E-state index contributed by atoms with van der Waals surface area (Å²) in [5.74, 6) is -4.24. The van der Waals surface area contributed by atoms with E-state index in [0.29, 0.717) is 6.42 Å². The molecule has 0 aromatic heterocycles. The van der Waals surface area contributed by atoms with Gasteiger partial charge in [0.05, 0.1) is 53.4 Å². The molecular weight excluding hydrogens is 680 g/mol. The van der Waals surface area contributed by atoms with Crippen LogP contribution < -0.4 is 0 Å². The molecule has 18 atom stereocenters. The number of hydrogen-bond donors (Lipinski definition) is 6. The highest BCUT2D eigenvalue weighted by molar-refractivity contribution is 5.88. The van der Waals surface area contributed by atoms with Crippen molar-refractivity contribution in [2.24, 2.45) is 28.8 Å². The van der Waals surface area contributed by atoms with Crippen molar-refractivity contribution in [1.29, 1.82) is 0 Å². The second-order valence-corrected chi connectivity index (χ2v) is 16.6. The minimum Gasteiger partial charge on any atom is -0.459 e. The van der Waals surface area contributed by atoms with Gasteiger partial charge in [-0.15, -0.1) is 0 Å². The minimum atomic E-state index is -1.97. The van der Waals surface area contributed by atoms with Crippen LogP contribution in [0.3, 0.4) is 0 Å². The number of oxime groups is 1. The molecule has 3 saturated heterocycles. The minimum absolute atomic E-state index is 0.0657. The van der Waals surface area contributed by atoms with Crippen molar-refractivity contribution in [3.8, 4) is 0 Å². The number of aliphatic hydroxyl groups excluding tert-OH is 3. The van der Waals surface area contributed by atoms with Gasteiger partial charge in [-0.05, 0) is 74.9 Å². The maximum Gasteiger partial charge on any atom is 0.311 e. The van der Waals surface area contributed by atoms with E-state index >= 15 is 0 Å². The third-order valence-electron chi connectivity index (χ3n) is 12.0. The van der Waals surface area contributed by atoms with Gasteiger partial charge >= 0.3 is 5.97 Å². The van der Waals surface area contributed by atoms with Crippen LogP contribution in [0.2, 0.25) is 0 Å². The number of likely N-dealkylation sites (N-methyl/N-ethyl adjacent to an activating group) is 1. The van der Waals surface area contributed by atoms with Crippen LogP contribution in [0.25, 0.3) is 0 Å². The molecule has 3 aliphatic rings. The number of ether oxygens (including phenoxy) is 6. The zero-order valence-corrected chi connectivity index (χ0v) is 33.4. The van der Waals surface area contributed by atoms with Crippen LogP contribution in [-0.2, 0) is 33.2 Å². The maximum atomic E-state index is 14.1. The summed E-state index contributed by atoms with van der Waals surface area (Å²) in [5, 5.41) is 71.8. The molecule has 0 aliphatic carbocycles. The van der Waals surface area contributed by atoms with Crippen LogP contribution in [0.15, 0.2) is 5.16 Å². The van der Waals surface area contributed by atoms with Crippen LogP contribution in [0.4, 0.5) is 0 Å². The van der Waals surface area contributed by atoms with Crippen molar-refractivity contribution >= 4 is 11.7 Å². The molecule has 3 aliphatic heterocycles. The van der Waals surface area contributed by atoms with Crippen LogP contribution >= 0.6 is 0 Å². The molecule has 0 aromatic carbocycles. The SMILES string of the molecule is CC[C@H]1OC(=O)[C@H](C)[C@@H](O[C@@H]2C[C@@](C)(OC)[C@@H](O)[C@H](C)O2)[C@H](C)[C@@H](O[C@@H]2O[C@H](C)C[C@H](N(C)C)[C@H]2O)[C@](C)(O)C[C@@H](C)/C(=N\O)[C@H](C)[C@@H](O)[C@]1(C)O. The fraction of sp³-hybridized carbons (Fsp3) is 0.946. The molecule has 0 aromatic rings. The lowest BCUT2D eigenvalue weighted by Crippen LogP contribution is -2.61. The third-order valence-corrected chi connectivity index (χ3v) is 12.0. The van der Waals surface area contributed by atoms with E-state index in [1.165, 1.54) is 14.0 Å². The summed E-state index contributed by atoms with van der Waals surface area (Å²) in [6, 6.07) is -0.322. The molecule has 3 rings (SSSR count). The highest BCUT2D eigenvalue weighted by Gasteiger charge is 2.53. The number of carbonyl (C=O) groups excluding carboxylic acids is 1. The van der Waals surface area contributed by atoms with E-state index in [-0.39, 0.29) is 37.1 Å². The Balaban J connectivity index is 2.21. The van der Waals surface area contributed by atoms with Gasteiger partial charge < -0.3 is 64.1 Å². The molecule has 0 spiro atoms. The van der Waals surface area contributed by atoms with Crippen molar-refractivity contribution in [2.75, 3.05) is 21.2 Å². The number of rotatable bonds is 7. The van der Waals surface area contributed by atoms with Crippen molar-refractivity contribution in [3.05, 3.63) is 0 Å². The Labute approximate surface area is 309 Å². The second kappa shape index (κ2) is 17.5. The van der Waals surface area contributed by atoms with Crippen LogP contribution in [0, 0.1) is 23.7 Å². The summed E-state index contributed by atoms with van der Waals surface area (Å²) in [7, 11) is 5.19. The Kier molecular flexibility index (Phi) is 15.1. The van der Waals surface area contributed by atoms with Gasteiger partial charge in [0.15, 0.2) is 12.6 Å². The molecule has 0 saturated carbocycles. The third kappa shape index (κ3) is 9.47. The highest BCUT2D eigenvalue weighted by Crippen LogP contribution is 2.41. The van der Waals surface area contributed by atoms with Gasteiger partial charge in [-0.2, -0.15) is 0 Å². The van der Waals surface area contributed by atoms with Crippen molar-refractivity contribution < 1.29 is 64.0 Å². The van der Waals surface area contributed by atoms with E-state index in [0.717, 1.165) is 0 Å². The average Bonchev–Trinajstić information content (AvgIpc) is 3.06. The number of carbonyl (C=O) groups is 1. The van der Waals surface area contributed by atoms with Gasteiger partial charge in [-0.25, -0.2) is 0 Å². The van der Waals surface area contributed by atoms with Crippen LogP contribution in [0.1, 0.15) is 94.9 Å². The Morgan fingerprint density at radius 3 is 2.08 bits per heavy atom. The van der Waals surface area contributed by atoms with E-state index in [2.05, 4.69) is 5.16 Å². The zero-order valence-electron chi connectivity index (χ0n) is 33.4. The fourth-order valence-electron chi connectivity index (χ4n) is 8.61. The quantitative estimate of drug-likeness (QED) is 0.125. The smallest absolute Gasteiger partial charge is 0.311 e. The lowest BCUT2D eigenvalue weighted by atomic mass is 9.73. The molecular formula is C37H68N2O13. The summed E-state index contributed by atoms with van der Waals surface area (Å²) < 4.78 is 37.2. The van der Waals surface area contributed by atoms with Gasteiger partial charge in [0.25, 0.3) is 0 Å². The highest BCUT2D eigenvalue weighted by atomic mass is 16.7. The van der Waals surface area contributed by atoms with E-state index < -0.39 is 102 Å². The molecule has 15 nitrogen and oxygen atoms in total. The summed E-state index contributed by atoms with van der Waals surface area (Å²) in [6.07, 6.45) is -9.51. The molecule has 0 unspecified atom stereocenters. The molecule has 0 amide bonds. The topological polar surface area (TPSA) is 209 Å². The van der Waals surface area contributed by atoms with E-state index in [1.54, 1.807) is 55.4 Å². The number of esters is 1. The van der Waals surface area contributed by atoms with Crippen molar-refractivity contribution in [3.63, 3.8) is 0 Å². The normalized spacial score (nSPS) is 49.8. The van der Waals surface area contributed by atoms with E-state index in [4.69, 9.17) is 28.4 Å². The van der Waals surface area contributed by atoms with E-state index in [1.807, 2.05) is 25.9 Å². The van der Waals surface area contributed by atoms with Crippen LogP contribution in [0.5, 0.6) is 0 Å².